The van der Waals surface area contributed by atoms with Crippen LogP contribution in [0.4, 0.5) is 10.1 Å². The normalized spacial score (nSPS) is 22.8. The van der Waals surface area contributed by atoms with Gasteiger partial charge in [-0.2, -0.15) is 0 Å². The van der Waals surface area contributed by atoms with E-state index in [1.807, 2.05) is 0 Å². The molecule has 1 fully saturated rings. The molecule has 0 bridgehead atoms. The van der Waals surface area contributed by atoms with E-state index in [-0.39, 0.29) is 11.7 Å². The van der Waals surface area contributed by atoms with Gasteiger partial charge in [0.15, 0.2) is 0 Å². The number of carboxylic acids is 1. The van der Waals surface area contributed by atoms with Crippen LogP contribution in [0.25, 0.3) is 0 Å². The molecule has 1 N–H and O–H groups in total. The maximum atomic E-state index is 12.7. The SMILES string of the molecule is O=C([O-])C1CCCCC1C(=O)Nc1ccc(F)cc1. The van der Waals surface area contributed by atoms with E-state index in [9.17, 15) is 19.1 Å². The topological polar surface area (TPSA) is 69.2 Å². The van der Waals surface area contributed by atoms with E-state index >= 15 is 0 Å². The van der Waals surface area contributed by atoms with Crippen LogP contribution in [0.1, 0.15) is 25.7 Å². The van der Waals surface area contributed by atoms with E-state index in [0.717, 1.165) is 12.8 Å². The van der Waals surface area contributed by atoms with Gasteiger partial charge in [-0.15, -0.1) is 0 Å². The third-order valence-electron chi connectivity index (χ3n) is 3.52. The fourth-order valence-corrected chi connectivity index (χ4v) is 2.49. The van der Waals surface area contributed by atoms with Gasteiger partial charge in [0.25, 0.3) is 0 Å². The standard InChI is InChI=1S/C14H16FNO3/c15-9-5-7-10(8-6-9)16-13(17)11-3-1-2-4-12(11)14(18)19/h5-8,11-12H,1-4H2,(H,16,17)(H,18,19)/p-1. The molecule has 0 heterocycles. The molecule has 1 amide bonds. The minimum absolute atomic E-state index is 0.333. The molecule has 1 aliphatic rings. The third-order valence-corrected chi connectivity index (χ3v) is 3.52. The van der Waals surface area contributed by atoms with Gasteiger partial charge in [0.1, 0.15) is 5.82 Å². The van der Waals surface area contributed by atoms with Crippen LogP contribution in [0.2, 0.25) is 0 Å². The lowest BCUT2D eigenvalue weighted by Gasteiger charge is -2.31. The Bertz CT molecular complexity index is 472. The number of benzene rings is 1. The van der Waals surface area contributed by atoms with Crippen molar-refractivity contribution < 1.29 is 19.1 Å². The zero-order valence-electron chi connectivity index (χ0n) is 10.4. The number of hydrogen-bond acceptors (Lipinski definition) is 3. The van der Waals surface area contributed by atoms with Gasteiger partial charge in [0.05, 0.1) is 0 Å². The van der Waals surface area contributed by atoms with Crippen molar-refractivity contribution in [2.75, 3.05) is 5.32 Å². The minimum atomic E-state index is -1.17. The fraction of sp³-hybridized carbons (Fsp3) is 0.429. The van der Waals surface area contributed by atoms with Crippen LogP contribution in [0.15, 0.2) is 24.3 Å². The van der Waals surface area contributed by atoms with Gasteiger partial charge in [-0.05, 0) is 37.1 Å². The first kappa shape index (κ1) is 13.5. The molecule has 19 heavy (non-hydrogen) atoms. The number of nitrogens with one attached hydrogen (secondary N) is 1. The summed E-state index contributed by atoms with van der Waals surface area (Å²) in [6.45, 7) is 0. The minimum Gasteiger partial charge on any atom is -0.550 e. The molecule has 0 aliphatic heterocycles. The maximum absolute atomic E-state index is 12.7. The van der Waals surface area contributed by atoms with Gasteiger partial charge in [0.2, 0.25) is 5.91 Å². The van der Waals surface area contributed by atoms with Crippen LogP contribution in [0.3, 0.4) is 0 Å². The Kier molecular flexibility index (Phi) is 4.14. The van der Waals surface area contributed by atoms with E-state index < -0.39 is 17.8 Å². The number of carbonyl (C=O) groups is 2. The van der Waals surface area contributed by atoms with Crippen LogP contribution < -0.4 is 10.4 Å². The Morgan fingerprint density at radius 1 is 1.11 bits per heavy atom. The lowest BCUT2D eigenvalue weighted by atomic mass is 9.78. The summed E-state index contributed by atoms with van der Waals surface area (Å²) in [6.07, 6.45) is 2.67. The molecule has 2 rings (SSSR count). The van der Waals surface area contributed by atoms with Gasteiger partial charge in [-0.1, -0.05) is 12.8 Å². The van der Waals surface area contributed by atoms with Crippen LogP contribution in [-0.2, 0) is 9.59 Å². The Hall–Kier alpha value is -1.91. The quantitative estimate of drug-likeness (QED) is 0.895. The summed E-state index contributed by atoms with van der Waals surface area (Å²) in [4.78, 5) is 23.1. The lowest BCUT2D eigenvalue weighted by molar-refractivity contribution is -0.313. The molecular formula is C14H15FNO3-. The van der Waals surface area contributed by atoms with Crippen LogP contribution in [0, 0.1) is 17.7 Å². The highest BCUT2D eigenvalue weighted by molar-refractivity contribution is 5.94. The van der Waals surface area contributed by atoms with Crippen molar-refractivity contribution in [3.05, 3.63) is 30.1 Å². The number of carboxylic acid groups (broad SMARTS) is 1. The predicted molar refractivity (Wildman–Crippen MR) is 65.5 cm³/mol. The van der Waals surface area contributed by atoms with Crippen molar-refractivity contribution in [3.63, 3.8) is 0 Å². The number of anilines is 1. The molecule has 1 aromatic carbocycles. The Morgan fingerprint density at radius 3 is 2.26 bits per heavy atom. The molecular weight excluding hydrogens is 249 g/mol. The Morgan fingerprint density at radius 2 is 1.68 bits per heavy atom. The van der Waals surface area contributed by atoms with E-state index in [2.05, 4.69) is 5.32 Å². The second-order valence-electron chi connectivity index (χ2n) is 4.81. The van der Waals surface area contributed by atoms with Crippen molar-refractivity contribution in [1.29, 1.82) is 0 Å². The molecule has 0 saturated heterocycles. The van der Waals surface area contributed by atoms with Gasteiger partial charge in [0, 0.05) is 23.5 Å². The second-order valence-corrected chi connectivity index (χ2v) is 4.81. The number of amides is 1. The number of rotatable bonds is 3. The highest BCUT2D eigenvalue weighted by Gasteiger charge is 2.31. The lowest BCUT2D eigenvalue weighted by Crippen LogP contribution is -2.42. The molecule has 102 valence electrons. The average Bonchev–Trinajstić information content (AvgIpc) is 2.41. The number of carbonyl (C=O) groups excluding carboxylic acids is 2. The molecule has 2 atom stereocenters. The summed E-state index contributed by atoms with van der Waals surface area (Å²) in [7, 11) is 0. The molecule has 2 unspecified atom stereocenters. The Labute approximate surface area is 110 Å². The van der Waals surface area contributed by atoms with Crippen molar-refractivity contribution in [2.45, 2.75) is 25.7 Å². The smallest absolute Gasteiger partial charge is 0.228 e. The van der Waals surface area contributed by atoms with Crippen molar-refractivity contribution in [3.8, 4) is 0 Å². The number of halogens is 1. The molecule has 5 heteroatoms. The first-order chi connectivity index (χ1) is 9.08. The monoisotopic (exact) mass is 264 g/mol. The zero-order valence-corrected chi connectivity index (χ0v) is 10.4. The van der Waals surface area contributed by atoms with Crippen molar-refractivity contribution in [1.82, 2.24) is 0 Å². The fourth-order valence-electron chi connectivity index (χ4n) is 2.49. The highest BCUT2D eigenvalue weighted by atomic mass is 19.1. The number of aliphatic carboxylic acids is 1. The summed E-state index contributed by atoms with van der Waals surface area (Å²) >= 11 is 0. The largest absolute Gasteiger partial charge is 0.550 e. The van der Waals surface area contributed by atoms with E-state index in [4.69, 9.17) is 0 Å². The summed E-state index contributed by atoms with van der Waals surface area (Å²) in [5, 5.41) is 13.7. The first-order valence-corrected chi connectivity index (χ1v) is 6.35. The summed E-state index contributed by atoms with van der Waals surface area (Å²) in [5.74, 6) is -3.18. The van der Waals surface area contributed by atoms with Crippen molar-refractivity contribution in [2.24, 2.45) is 11.8 Å². The van der Waals surface area contributed by atoms with Gasteiger partial charge >= 0.3 is 0 Å². The van der Waals surface area contributed by atoms with Crippen LogP contribution >= 0.6 is 0 Å². The van der Waals surface area contributed by atoms with E-state index in [1.54, 1.807) is 0 Å². The van der Waals surface area contributed by atoms with Crippen LogP contribution in [0.5, 0.6) is 0 Å². The van der Waals surface area contributed by atoms with E-state index in [1.165, 1.54) is 24.3 Å². The number of hydrogen-bond donors (Lipinski definition) is 1. The molecule has 0 aromatic heterocycles. The van der Waals surface area contributed by atoms with Gasteiger partial charge < -0.3 is 15.2 Å². The first-order valence-electron chi connectivity index (χ1n) is 6.35. The molecule has 1 saturated carbocycles. The molecule has 0 spiro atoms. The van der Waals surface area contributed by atoms with Gasteiger partial charge in [-0.3, -0.25) is 4.79 Å². The third kappa shape index (κ3) is 3.30. The molecule has 4 nitrogen and oxygen atoms in total. The zero-order chi connectivity index (χ0) is 13.8. The van der Waals surface area contributed by atoms with Crippen LogP contribution in [-0.4, -0.2) is 11.9 Å². The summed E-state index contributed by atoms with van der Waals surface area (Å²) in [6, 6.07) is 5.38. The molecule has 0 radical (unpaired) electrons. The van der Waals surface area contributed by atoms with Crippen molar-refractivity contribution >= 4 is 17.6 Å². The summed E-state index contributed by atoms with van der Waals surface area (Å²) < 4.78 is 12.7. The summed E-state index contributed by atoms with van der Waals surface area (Å²) in [5.41, 5.74) is 0.467. The van der Waals surface area contributed by atoms with E-state index in [0.29, 0.717) is 18.5 Å². The second kappa shape index (κ2) is 5.82. The average molecular weight is 264 g/mol. The van der Waals surface area contributed by atoms with Gasteiger partial charge in [-0.25, -0.2) is 4.39 Å². The molecule has 1 aliphatic carbocycles. The molecule has 1 aromatic rings. The Balaban J connectivity index is 2.05. The highest BCUT2D eigenvalue weighted by Crippen LogP contribution is 2.30. The predicted octanol–water partition coefficient (Wildman–Crippen LogP) is 1.32. The maximum Gasteiger partial charge on any atom is 0.228 e.